The Morgan fingerprint density at radius 2 is 0.873 bits per heavy atom. The van der Waals surface area contributed by atoms with E-state index in [4.69, 9.17) is 9.97 Å². The molecule has 10 aromatic carbocycles. The van der Waals surface area contributed by atoms with Crippen LogP contribution in [0, 0.1) is 0 Å². The standard InChI is InChI=1S/C61H42N2/c1-61(2)55-26-13-12-22-49(55)53-25-14-24-52(59(53)61)48-21-10-11-23-50(48)57-38-56(42-29-27-40(28-30-42)39-15-4-3-5-16-39)62-60(63-57)44-33-31-43(32-34-44)58-47-20-9-7-18-45(47)37-54-46-19-8-6-17-41(46)35-36-51(54)58/h3-38H,1-2H3. The van der Waals surface area contributed by atoms with Crippen LogP contribution in [0.5, 0.6) is 0 Å². The third-order valence-electron chi connectivity index (χ3n) is 13.3. The summed E-state index contributed by atoms with van der Waals surface area (Å²) in [5, 5.41) is 7.49. The first kappa shape index (κ1) is 36.9. The summed E-state index contributed by atoms with van der Waals surface area (Å²) < 4.78 is 0. The van der Waals surface area contributed by atoms with Crippen LogP contribution in [0.25, 0.3) is 111 Å². The molecule has 296 valence electrons. The molecule has 0 saturated carbocycles. The fourth-order valence-electron chi connectivity index (χ4n) is 10.3. The van der Waals surface area contributed by atoms with Gasteiger partial charge in [0, 0.05) is 22.1 Å². The highest BCUT2D eigenvalue weighted by Gasteiger charge is 2.37. The summed E-state index contributed by atoms with van der Waals surface area (Å²) >= 11 is 0. The summed E-state index contributed by atoms with van der Waals surface area (Å²) in [5.74, 6) is 0.691. The first-order valence-corrected chi connectivity index (χ1v) is 21.8. The number of benzene rings is 10. The third kappa shape index (κ3) is 6.09. The van der Waals surface area contributed by atoms with E-state index < -0.39 is 0 Å². The fraction of sp³-hybridized carbons (Fsp3) is 0.0492. The molecule has 0 fully saturated rings. The minimum atomic E-state index is -0.164. The second-order valence-corrected chi connectivity index (χ2v) is 17.3. The molecule has 0 atom stereocenters. The first-order chi connectivity index (χ1) is 31.0. The van der Waals surface area contributed by atoms with Crippen LogP contribution in [0.15, 0.2) is 218 Å². The Kier molecular flexibility index (Phi) is 8.55. The van der Waals surface area contributed by atoms with E-state index in [0.717, 1.165) is 39.2 Å². The normalized spacial score (nSPS) is 12.7. The molecule has 0 spiro atoms. The van der Waals surface area contributed by atoms with Crippen LogP contribution in [-0.2, 0) is 5.41 Å². The number of hydrogen-bond acceptors (Lipinski definition) is 2. The Labute approximate surface area is 367 Å². The summed E-state index contributed by atoms with van der Waals surface area (Å²) in [4.78, 5) is 10.8. The van der Waals surface area contributed by atoms with Crippen LogP contribution >= 0.6 is 0 Å². The molecule has 2 heteroatoms. The summed E-state index contributed by atoms with van der Waals surface area (Å²) in [7, 11) is 0. The Hall–Kier alpha value is -7.94. The maximum absolute atomic E-state index is 5.45. The molecular formula is C61H42N2. The third-order valence-corrected chi connectivity index (χ3v) is 13.3. The quantitative estimate of drug-likeness (QED) is 0.124. The number of rotatable bonds is 6. The zero-order valence-corrected chi connectivity index (χ0v) is 35.2. The number of hydrogen-bond donors (Lipinski definition) is 0. The molecular weight excluding hydrogens is 761 g/mol. The van der Waals surface area contributed by atoms with Crippen molar-refractivity contribution in [3.8, 4) is 78.4 Å². The van der Waals surface area contributed by atoms with Crippen LogP contribution in [-0.4, -0.2) is 9.97 Å². The van der Waals surface area contributed by atoms with Crippen molar-refractivity contribution in [1.29, 1.82) is 0 Å². The van der Waals surface area contributed by atoms with Crippen molar-refractivity contribution < 1.29 is 0 Å². The maximum Gasteiger partial charge on any atom is 0.160 e. The van der Waals surface area contributed by atoms with E-state index >= 15 is 0 Å². The predicted molar refractivity (Wildman–Crippen MR) is 265 cm³/mol. The molecule has 1 aliphatic rings. The second-order valence-electron chi connectivity index (χ2n) is 17.3. The topological polar surface area (TPSA) is 25.8 Å². The zero-order chi connectivity index (χ0) is 42.1. The molecule has 0 saturated heterocycles. The molecule has 11 aromatic rings. The van der Waals surface area contributed by atoms with Crippen molar-refractivity contribution in [3.63, 3.8) is 0 Å². The fourth-order valence-corrected chi connectivity index (χ4v) is 10.3. The van der Waals surface area contributed by atoms with Crippen LogP contribution in [0.3, 0.4) is 0 Å². The number of fused-ring (bicyclic) bond motifs is 7. The largest absolute Gasteiger partial charge is 0.228 e. The summed E-state index contributed by atoms with van der Waals surface area (Å²) in [6, 6.07) is 79.0. The SMILES string of the molecule is CC1(C)c2ccccc2-c2cccc(-c3ccccc3-c3cc(-c4ccc(-c5ccccc5)cc4)nc(-c4ccc(-c5c6ccccc6cc6c5ccc5ccccc56)cc4)n3)c21. The predicted octanol–water partition coefficient (Wildman–Crippen LogP) is 16.2. The molecule has 1 aliphatic carbocycles. The van der Waals surface area contributed by atoms with Gasteiger partial charge in [-0.2, -0.15) is 0 Å². The zero-order valence-electron chi connectivity index (χ0n) is 35.2. The van der Waals surface area contributed by atoms with E-state index in [1.165, 1.54) is 76.8 Å². The van der Waals surface area contributed by atoms with Crippen molar-refractivity contribution in [3.05, 3.63) is 230 Å². The van der Waals surface area contributed by atoms with Crippen LogP contribution in [0.4, 0.5) is 0 Å². The maximum atomic E-state index is 5.45. The van der Waals surface area contributed by atoms with Crippen molar-refractivity contribution in [2.75, 3.05) is 0 Å². The molecule has 0 unspecified atom stereocenters. The Morgan fingerprint density at radius 1 is 0.317 bits per heavy atom. The molecule has 0 N–H and O–H groups in total. The summed E-state index contributed by atoms with van der Waals surface area (Å²) in [6.07, 6.45) is 0. The molecule has 0 radical (unpaired) electrons. The van der Waals surface area contributed by atoms with Gasteiger partial charge in [-0.15, -0.1) is 0 Å². The average molecular weight is 803 g/mol. The minimum absolute atomic E-state index is 0.164. The second kappa shape index (κ2) is 14.6. The van der Waals surface area contributed by atoms with Crippen molar-refractivity contribution in [2.45, 2.75) is 19.3 Å². The van der Waals surface area contributed by atoms with Crippen molar-refractivity contribution in [1.82, 2.24) is 9.97 Å². The van der Waals surface area contributed by atoms with Crippen LogP contribution < -0.4 is 0 Å². The van der Waals surface area contributed by atoms with Gasteiger partial charge in [0.25, 0.3) is 0 Å². The highest BCUT2D eigenvalue weighted by Crippen LogP contribution is 2.53. The highest BCUT2D eigenvalue weighted by molar-refractivity contribution is 6.20. The van der Waals surface area contributed by atoms with E-state index in [9.17, 15) is 0 Å². The molecule has 1 heterocycles. The van der Waals surface area contributed by atoms with Gasteiger partial charge in [-0.1, -0.05) is 220 Å². The Morgan fingerprint density at radius 3 is 1.67 bits per heavy atom. The van der Waals surface area contributed by atoms with Gasteiger partial charge >= 0.3 is 0 Å². The van der Waals surface area contributed by atoms with E-state index in [1.807, 2.05) is 0 Å². The first-order valence-electron chi connectivity index (χ1n) is 21.8. The Bertz CT molecular complexity index is 3560. The van der Waals surface area contributed by atoms with Gasteiger partial charge in [-0.25, -0.2) is 9.97 Å². The van der Waals surface area contributed by atoms with E-state index in [0.29, 0.717) is 5.82 Å². The van der Waals surface area contributed by atoms with E-state index in [1.54, 1.807) is 0 Å². The van der Waals surface area contributed by atoms with Gasteiger partial charge < -0.3 is 0 Å². The molecule has 12 rings (SSSR count). The molecule has 0 amide bonds. The van der Waals surface area contributed by atoms with E-state index in [2.05, 4.69) is 232 Å². The van der Waals surface area contributed by atoms with Gasteiger partial charge in [0.1, 0.15) is 0 Å². The molecule has 2 nitrogen and oxygen atoms in total. The monoisotopic (exact) mass is 802 g/mol. The lowest BCUT2D eigenvalue weighted by Crippen LogP contribution is -2.16. The average Bonchev–Trinajstić information content (AvgIpc) is 3.59. The Balaban J connectivity index is 1.02. The molecule has 1 aromatic heterocycles. The molecule has 63 heavy (non-hydrogen) atoms. The van der Waals surface area contributed by atoms with Gasteiger partial charge in [0.2, 0.25) is 0 Å². The van der Waals surface area contributed by atoms with E-state index in [-0.39, 0.29) is 5.41 Å². The van der Waals surface area contributed by atoms with Gasteiger partial charge in [0.15, 0.2) is 5.82 Å². The van der Waals surface area contributed by atoms with Gasteiger partial charge in [-0.05, 0) is 100 Å². The smallest absolute Gasteiger partial charge is 0.160 e. The van der Waals surface area contributed by atoms with Crippen molar-refractivity contribution >= 4 is 32.3 Å². The number of aromatic nitrogens is 2. The summed E-state index contributed by atoms with van der Waals surface area (Å²) in [6.45, 7) is 4.72. The summed E-state index contributed by atoms with van der Waals surface area (Å²) in [5.41, 5.74) is 17.2. The lowest BCUT2D eigenvalue weighted by atomic mass is 9.78. The van der Waals surface area contributed by atoms with Crippen LogP contribution in [0.2, 0.25) is 0 Å². The highest BCUT2D eigenvalue weighted by atomic mass is 14.9. The number of nitrogens with zero attached hydrogens (tertiary/aromatic N) is 2. The molecule has 0 aliphatic heterocycles. The van der Waals surface area contributed by atoms with Gasteiger partial charge in [-0.3, -0.25) is 0 Å². The minimum Gasteiger partial charge on any atom is -0.228 e. The molecule has 0 bridgehead atoms. The lowest BCUT2D eigenvalue weighted by molar-refractivity contribution is 0.662. The van der Waals surface area contributed by atoms with Crippen molar-refractivity contribution in [2.24, 2.45) is 0 Å². The van der Waals surface area contributed by atoms with Crippen LogP contribution in [0.1, 0.15) is 25.0 Å². The van der Waals surface area contributed by atoms with Gasteiger partial charge in [0.05, 0.1) is 11.4 Å². The lowest BCUT2D eigenvalue weighted by Gasteiger charge is -2.25.